The second-order valence-electron chi connectivity index (χ2n) is 15.0. The molecule has 0 amide bonds. The molecule has 0 aliphatic heterocycles. The van der Waals surface area contributed by atoms with Crippen LogP contribution in [0.5, 0.6) is 0 Å². The van der Waals surface area contributed by atoms with Gasteiger partial charge in [-0.1, -0.05) is 91.0 Å². The first-order chi connectivity index (χ1) is 23.8. The van der Waals surface area contributed by atoms with Crippen molar-refractivity contribution in [2.75, 3.05) is 4.90 Å². The van der Waals surface area contributed by atoms with E-state index in [-0.39, 0.29) is 5.41 Å². The first kappa shape index (κ1) is 26.9. The standard InChI is InChI=1S/C46H38N2/c1-3-12-34(13-4-1)47(36-22-23-43-40(29-36)38-17-8-10-20-42(38)48(43)35-14-5-2-6-15-35)44-21-11-18-39-37-16-7-9-19-41(37)46(45(39)44)32-25-30-24-31(27-32)28-33(46)26-30/h1-23,29-33H,24-28H2. The SMILES string of the molecule is c1ccc(N(c2ccc3c(c2)c2ccccc2n3-c2ccccc2)c2cccc3c2C2(c4ccccc4-3)C3CC4CC(C3)CC2C4)cc1. The highest BCUT2D eigenvalue weighted by Crippen LogP contribution is 2.71. The minimum absolute atomic E-state index is 0.0798. The number of benzene rings is 6. The van der Waals surface area contributed by atoms with Gasteiger partial charge in [-0.05, 0) is 133 Å². The summed E-state index contributed by atoms with van der Waals surface area (Å²) >= 11 is 0. The second-order valence-corrected chi connectivity index (χ2v) is 15.0. The second kappa shape index (κ2) is 9.97. The van der Waals surface area contributed by atoms with Gasteiger partial charge in [0, 0.05) is 33.2 Å². The van der Waals surface area contributed by atoms with Crippen LogP contribution in [0.4, 0.5) is 17.1 Å². The van der Waals surface area contributed by atoms with Crippen LogP contribution in [0.2, 0.25) is 0 Å². The van der Waals surface area contributed by atoms with Gasteiger partial charge in [-0.2, -0.15) is 0 Å². The third kappa shape index (κ3) is 3.53. The predicted octanol–water partition coefficient (Wildman–Crippen LogP) is 12.0. The van der Waals surface area contributed by atoms with Crippen molar-refractivity contribution in [3.05, 3.63) is 157 Å². The molecule has 7 aromatic rings. The molecule has 0 unspecified atom stereocenters. The van der Waals surface area contributed by atoms with Crippen LogP contribution in [-0.2, 0) is 5.41 Å². The van der Waals surface area contributed by atoms with E-state index >= 15 is 0 Å². The van der Waals surface area contributed by atoms with Gasteiger partial charge in [-0.3, -0.25) is 0 Å². The van der Waals surface area contributed by atoms with Gasteiger partial charge in [0.1, 0.15) is 0 Å². The number of anilines is 3. The van der Waals surface area contributed by atoms with Crippen molar-refractivity contribution in [1.29, 1.82) is 0 Å². The molecule has 4 saturated carbocycles. The van der Waals surface area contributed by atoms with Crippen molar-refractivity contribution >= 4 is 38.9 Å². The summed E-state index contributed by atoms with van der Waals surface area (Å²) in [5, 5.41) is 2.57. The molecule has 4 fully saturated rings. The highest BCUT2D eigenvalue weighted by molar-refractivity contribution is 6.10. The van der Waals surface area contributed by atoms with Crippen molar-refractivity contribution < 1.29 is 0 Å². The molecular formula is C46H38N2. The quantitative estimate of drug-likeness (QED) is 0.190. The molecule has 4 bridgehead atoms. The van der Waals surface area contributed by atoms with Crippen LogP contribution in [0.25, 0.3) is 38.6 Å². The lowest BCUT2D eigenvalue weighted by Gasteiger charge is -2.61. The summed E-state index contributed by atoms with van der Waals surface area (Å²) in [6.45, 7) is 0. The van der Waals surface area contributed by atoms with E-state index in [0.29, 0.717) is 11.8 Å². The highest BCUT2D eigenvalue weighted by atomic mass is 15.1. The van der Waals surface area contributed by atoms with Crippen molar-refractivity contribution in [2.24, 2.45) is 23.7 Å². The van der Waals surface area contributed by atoms with Crippen LogP contribution in [0, 0.1) is 23.7 Å². The minimum Gasteiger partial charge on any atom is -0.310 e. The summed E-state index contributed by atoms with van der Waals surface area (Å²) in [4.78, 5) is 2.59. The first-order valence-electron chi connectivity index (χ1n) is 18.0. The van der Waals surface area contributed by atoms with E-state index in [4.69, 9.17) is 0 Å². The molecule has 1 spiro atoms. The number of hydrogen-bond acceptors (Lipinski definition) is 1. The van der Waals surface area contributed by atoms with Crippen molar-refractivity contribution in [3.63, 3.8) is 0 Å². The Morgan fingerprint density at radius 2 is 1.15 bits per heavy atom. The maximum Gasteiger partial charge on any atom is 0.0542 e. The van der Waals surface area contributed by atoms with E-state index in [9.17, 15) is 0 Å². The summed E-state index contributed by atoms with van der Waals surface area (Å²) in [7, 11) is 0. The Morgan fingerprint density at radius 1 is 0.500 bits per heavy atom. The lowest BCUT2D eigenvalue weighted by atomic mass is 9.43. The largest absolute Gasteiger partial charge is 0.310 e. The highest BCUT2D eigenvalue weighted by Gasteiger charge is 2.62. The Morgan fingerprint density at radius 3 is 1.94 bits per heavy atom. The van der Waals surface area contributed by atoms with Gasteiger partial charge in [0.2, 0.25) is 0 Å². The van der Waals surface area contributed by atoms with Crippen LogP contribution in [0.3, 0.4) is 0 Å². The molecule has 232 valence electrons. The van der Waals surface area contributed by atoms with E-state index < -0.39 is 0 Å². The summed E-state index contributed by atoms with van der Waals surface area (Å²) in [6.07, 6.45) is 6.99. The zero-order valence-corrected chi connectivity index (χ0v) is 27.1. The lowest BCUT2D eigenvalue weighted by Crippen LogP contribution is -2.55. The van der Waals surface area contributed by atoms with Crippen LogP contribution >= 0.6 is 0 Å². The number of hydrogen-bond donors (Lipinski definition) is 0. The average molecular weight is 619 g/mol. The predicted molar refractivity (Wildman–Crippen MR) is 199 cm³/mol. The third-order valence-corrected chi connectivity index (χ3v) is 12.7. The molecule has 0 atom stereocenters. The normalized spacial score (nSPS) is 24.8. The van der Waals surface area contributed by atoms with Crippen LogP contribution in [0.1, 0.15) is 43.2 Å². The van der Waals surface area contributed by atoms with Gasteiger partial charge >= 0.3 is 0 Å². The van der Waals surface area contributed by atoms with Crippen molar-refractivity contribution in [2.45, 2.75) is 37.5 Å². The molecule has 5 aliphatic rings. The average Bonchev–Trinajstić information content (AvgIpc) is 3.63. The summed E-state index contributed by atoms with van der Waals surface area (Å²) < 4.78 is 2.42. The van der Waals surface area contributed by atoms with E-state index in [0.717, 1.165) is 11.8 Å². The molecule has 12 rings (SSSR count). The molecule has 1 aromatic heterocycles. The molecule has 5 aliphatic carbocycles. The van der Waals surface area contributed by atoms with Gasteiger partial charge in [-0.15, -0.1) is 0 Å². The number of rotatable bonds is 4. The van der Waals surface area contributed by atoms with Crippen molar-refractivity contribution in [3.8, 4) is 16.8 Å². The summed E-state index contributed by atoms with van der Waals surface area (Å²) in [6, 6.07) is 54.6. The monoisotopic (exact) mass is 618 g/mol. The molecule has 2 heteroatoms. The fourth-order valence-electron chi connectivity index (χ4n) is 11.3. The van der Waals surface area contributed by atoms with Crippen LogP contribution < -0.4 is 4.90 Å². The molecule has 0 radical (unpaired) electrons. The molecule has 0 N–H and O–H groups in total. The Hall–Kier alpha value is -5.08. The van der Waals surface area contributed by atoms with Gasteiger partial charge in [-0.25, -0.2) is 0 Å². The van der Waals surface area contributed by atoms with E-state index in [1.807, 2.05) is 0 Å². The molecule has 1 heterocycles. The maximum atomic E-state index is 2.59. The number of fused-ring (bicyclic) bond motifs is 6. The first-order valence-corrected chi connectivity index (χ1v) is 18.0. The Bertz CT molecular complexity index is 2340. The fraction of sp³-hybridized carbons (Fsp3) is 0.217. The minimum atomic E-state index is 0.0798. The zero-order chi connectivity index (χ0) is 31.4. The maximum absolute atomic E-state index is 2.59. The molecular weight excluding hydrogens is 581 g/mol. The number of aromatic nitrogens is 1. The fourth-order valence-corrected chi connectivity index (χ4v) is 11.3. The molecule has 0 saturated heterocycles. The van der Waals surface area contributed by atoms with Gasteiger partial charge in [0.05, 0.1) is 16.7 Å². The van der Waals surface area contributed by atoms with Crippen LogP contribution in [-0.4, -0.2) is 4.57 Å². The molecule has 48 heavy (non-hydrogen) atoms. The molecule has 6 aromatic carbocycles. The number of para-hydroxylation sites is 3. The van der Waals surface area contributed by atoms with Crippen LogP contribution in [0.15, 0.2) is 146 Å². The number of nitrogens with zero attached hydrogens (tertiary/aromatic N) is 2. The van der Waals surface area contributed by atoms with E-state index in [1.54, 1.807) is 11.1 Å². The summed E-state index contributed by atoms with van der Waals surface area (Å²) in [5.74, 6) is 3.25. The van der Waals surface area contributed by atoms with Gasteiger partial charge in [0.15, 0.2) is 0 Å². The zero-order valence-electron chi connectivity index (χ0n) is 27.1. The summed E-state index contributed by atoms with van der Waals surface area (Å²) in [5.41, 5.74) is 13.7. The van der Waals surface area contributed by atoms with E-state index in [1.165, 1.54) is 87.8 Å². The molecule has 2 nitrogen and oxygen atoms in total. The van der Waals surface area contributed by atoms with Gasteiger partial charge < -0.3 is 9.47 Å². The smallest absolute Gasteiger partial charge is 0.0542 e. The Balaban J connectivity index is 1.18. The van der Waals surface area contributed by atoms with E-state index in [2.05, 4.69) is 155 Å². The third-order valence-electron chi connectivity index (χ3n) is 12.7. The Labute approximate surface area is 282 Å². The lowest BCUT2D eigenvalue weighted by molar-refractivity contribution is -0.0397. The van der Waals surface area contributed by atoms with Gasteiger partial charge in [0.25, 0.3) is 0 Å². The van der Waals surface area contributed by atoms with Crippen molar-refractivity contribution in [1.82, 2.24) is 4.57 Å². The Kier molecular flexibility index (Phi) is 5.59. The topological polar surface area (TPSA) is 8.17 Å².